The van der Waals surface area contributed by atoms with Gasteiger partial charge in [0.05, 0.1) is 17.3 Å². The SMILES string of the molecule is COCCN(C)[C@H]1CCCC[C@@H]1Nc1cc(F)c(S(=O)(=O)Nc2nccs2)cc1Cl.O=CO. The number of nitrogens with one attached hydrogen (secondary N) is 2. The van der Waals surface area contributed by atoms with E-state index in [1.54, 1.807) is 12.5 Å². The molecule has 0 aliphatic heterocycles. The topological polar surface area (TPSA) is 121 Å². The van der Waals surface area contributed by atoms with Crippen LogP contribution in [0.1, 0.15) is 25.7 Å². The molecule has 1 aromatic heterocycles. The van der Waals surface area contributed by atoms with Crippen molar-refractivity contribution in [1.29, 1.82) is 0 Å². The monoisotopic (exact) mass is 522 g/mol. The second-order valence-corrected chi connectivity index (χ2v) is 10.3. The van der Waals surface area contributed by atoms with Crippen molar-refractivity contribution in [3.63, 3.8) is 0 Å². The Morgan fingerprint density at radius 3 is 2.73 bits per heavy atom. The summed E-state index contributed by atoms with van der Waals surface area (Å²) in [5, 5.41) is 12.2. The smallest absolute Gasteiger partial charge is 0.290 e. The maximum atomic E-state index is 14.8. The number of carboxylic acid groups (broad SMARTS) is 1. The van der Waals surface area contributed by atoms with Gasteiger partial charge in [0.25, 0.3) is 16.5 Å². The van der Waals surface area contributed by atoms with Crippen LogP contribution < -0.4 is 10.0 Å². The maximum Gasteiger partial charge on any atom is 0.290 e. The van der Waals surface area contributed by atoms with Crippen LogP contribution in [0, 0.1) is 5.82 Å². The number of benzene rings is 1. The number of aromatic nitrogens is 1. The van der Waals surface area contributed by atoms with E-state index in [9.17, 15) is 12.8 Å². The third-order valence-electron chi connectivity index (χ3n) is 5.25. The number of nitrogens with zero attached hydrogens (tertiary/aromatic N) is 2. The van der Waals surface area contributed by atoms with Gasteiger partial charge in [0.1, 0.15) is 10.7 Å². The first-order valence-corrected chi connectivity index (χ1v) is 12.9. The fourth-order valence-electron chi connectivity index (χ4n) is 3.70. The Labute approximate surface area is 202 Å². The molecule has 2 aromatic rings. The number of thiazole rings is 1. The van der Waals surface area contributed by atoms with Gasteiger partial charge in [-0.05, 0) is 32.0 Å². The van der Waals surface area contributed by atoms with Gasteiger partial charge in [-0.1, -0.05) is 24.4 Å². The Morgan fingerprint density at radius 2 is 2.09 bits per heavy atom. The number of methoxy groups -OCH3 is 1. The van der Waals surface area contributed by atoms with E-state index in [0.717, 1.165) is 55.7 Å². The number of sulfonamides is 1. The number of ether oxygens (including phenoxy) is 1. The van der Waals surface area contributed by atoms with Gasteiger partial charge in [-0.3, -0.25) is 14.4 Å². The molecular weight excluding hydrogens is 495 g/mol. The van der Waals surface area contributed by atoms with E-state index in [4.69, 9.17) is 26.2 Å². The van der Waals surface area contributed by atoms with Crippen LogP contribution in [-0.4, -0.2) is 69.3 Å². The number of likely N-dealkylation sites (N-methyl/N-ethyl adjacent to an activating group) is 1. The van der Waals surface area contributed by atoms with Crippen LogP contribution >= 0.6 is 22.9 Å². The van der Waals surface area contributed by atoms with Crippen molar-refractivity contribution in [2.75, 3.05) is 37.3 Å². The molecule has 184 valence electrons. The Hall–Kier alpha value is -1.99. The zero-order valence-corrected chi connectivity index (χ0v) is 20.7. The van der Waals surface area contributed by atoms with E-state index >= 15 is 0 Å². The second kappa shape index (κ2) is 13.0. The molecule has 0 spiro atoms. The summed E-state index contributed by atoms with van der Waals surface area (Å²) in [4.78, 5) is 14.0. The van der Waals surface area contributed by atoms with Gasteiger partial charge >= 0.3 is 0 Å². The van der Waals surface area contributed by atoms with Crippen LogP contribution in [0.5, 0.6) is 0 Å². The molecule has 1 fully saturated rings. The highest BCUT2D eigenvalue weighted by Crippen LogP contribution is 2.32. The summed E-state index contributed by atoms with van der Waals surface area (Å²) in [6.45, 7) is 1.18. The summed E-state index contributed by atoms with van der Waals surface area (Å²) in [6, 6.07) is 2.62. The van der Waals surface area contributed by atoms with E-state index in [2.05, 4.69) is 19.9 Å². The van der Waals surface area contributed by atoms with Gasteiger partial charge in [0.15, 0.2) is 5.13 Å². The van der Waals surface area contributed by atoms with Crippen molar-refractivity contribution in [3.05, 3.63) is 34.5 Å². The minimum Gasteiger partial charge on any atom is -0.483 e. The maximum absolute atomic E-state index is 14.8. The van der Waals surface area contributed by atoms with Crippen molar-refractivity contribution < 1.29 is 27.4 Å². The number of rotatable bonds is 9. The average molecular weight is 523 g/mol. The zero-order chi connectivity index (χ0) is 24.4. The summed E-state index contributed by atoms with van der Waals surface area (Å²) < 4.78 is 47.3. The first-order valence-electron chi connectivity index (χ1n) is 10.2. The molecule has 1 aliphatic rings. The molecule has 13 heteroatoms. The minimum absolute atomic E-state index is 0.0772. The summed E-state index contributed by atoms with van der Waals surface area (Å²) in [5.74, 6) is -0.869. The highest BCUT2D eigenvalue weighted by atomic mass is 35.5. The standard InChI is InChI=1S/C19H26ClFN4O3S2.CH2O2/c1-25(8-9-28-2)17-6-4-3-5-15(17)23-16-12-14(21)18(11-13(16)20)30(26,27)24-19-22-7-10-29-19;2-1-3/h7,10-12,15,17,23H,3-6,8-9H2,1-2H3,(H,22,24);1H,(H,2,3)/t15-,17-;/m0./s1. The van der Waals surface area contributed by atoms with Crippen LogP contribution in [0.4, 0.5) is 15.2 Å². The Balaban J connectivity index is 0.00000122. The van der Waals surface area contributed by atoms with Crippen molar-refractivity contribution in [2.24, 2.45) is 0 Å². The number of carbonyl (C=O) groups is 1. The first-order chi connectivity index (χ1) is 15.7. The van der Waals surface area contributed by atoms with Crippen molar-refractivity contribution in [2.45, 2.75) is 42.7 Å². The molecule has 1 aliphatic carbocycles. The summed E-state index contributed by atoms with van der Waals surface area (Å²) in [7, 11) is -0.412. The van der Waals surface area contributed by atoms with Crippen LogP contribution in [-0.2, 0) is 19.6 Å². The van der Waals surface area contributed by atoms with Crippen molar-refractivity contribution in [1.82, 2.24) is 9.88 Å². The largest absolute Gasteiger partial charge is 0.483 e. The molecule has 1 saturated carbocycles. The molecule has 1 aromatic carbocycles. The second-order valence-electron chi connectivity index (χ2n) is 7.39. The van der Waals surface area contributed by atoms with Crippen molar-refractivity contribution >= 4 is 50.3 Å². The summed E-state index contributed by atoms with van der Waals surface area (Å²) in [5.41, 5.74) is 0.388. The lowest BCUT2D eigenvalue weighted by atomic mass is 9.89. The van der Waals surface area contributed by atoms with Crippen LogP contribution in [0.3, 0.4) is 0 Å². The Bertz CT molecular complexity index is 995. The molecule has 9 nitrogen and oxygen atoms in total. The van der Waals surface area contributed by atoms with Gasteiger partial charge in [-0.25, -0.2) is 17.8 Å². The highest BCUT2D eigenvalue weighted by Gasteiger charge is 2.29. The van der Waals surface area contributed by atoms with E-state index in [1.165, 1.54) is 6.20 Å². The molecule has 1 heterocycles. The third kappa shape index (κ3) is 7.78. The molecule has 3 N–H and O–H groups in total. The van der Waals surface area contributed by atoms with Gasteiger partial charge < -0.3 is 15.2 Å². The lowest BCUT2D eigenvalue weighted by Gasteiger charge is -2.39. The fraction of sp³-hybridized carbons (Fsp3) is 0.500. The molecule has 33 heavy (non-hydrogen) atoms. The van der Waals surface area contributed by atoms with Gasteiger partial charge in [0, 0.05) is 37.3 Å². The molecule has 0 bridgehead atoms. The number of hydrogen-bond donors (Lipinski definition) is 3. The van der Waals surface area contributed by atoms with Gasteiger partial charge in [0.2, 0.25) is 0 Å². The molecule has 3 rings (SSSR count). The molecule has 0 unspecified atom stereocenters. The Kier molecular flexibility index (Phi) is 10.8. The van der Waals surface area contributed by atoms with E-state index < -0.39 is 20.7 Å². The normalized spacial score (nSPS) is 18.3. The first kappa shape index (κ1) is 27.3. The lowest BCUT2D eigenvalue weighted by Crippen LogP contribution is -2.48. The number of halogens is 2. The zero-order valence-electron chi connectivity index (χ0n) is 18.3. The molecule has 0 radical (unpaired) electrons. The van der Waals surface area contributed by atoms with E-state index in [-0.39, 0.29) is 28.7 Å². The average Bonchev–Trinajstić information content (AvgIpc) is 3.27. The lowest BCUT2D eigenvalue weighted by molar-refractivity contribution is -0.122. The fourth-order valence-corrected chi connectivity index (χ4v) is 5.85. The van der Waals surface area contributed by atoms with Crippen LogP contribution in [0.15, 0.2) is 28.6 Å². The van der Waals surface area contributed by atoms with Crippen molar-refractivity contribution in [3.8, 4) is 0 Å². The van der Waals surface area contributed by atoms with Crippen LogP contribution in [0.25, 0.3) is 0 Å². The molecule has 0 amide bonds. The third-order valence-corrected chi connectivity index (χ3v) is 7.73. The molecule has 0 saturated heterocycles. The van der Waals surface area contributed by atoms with E-state index in [0.29, 0.717) is 12.3 Å². The summed E-state index contributed by atoms with van der Waals surface area (Å²) in [6.07, 6.45) is 5.59. The molecule has 2 atom stereocenters. The predicted molar refractivity (Wildman–Crippen MR) is 127 cm³/mol. The minimum atomic E-state index is -4.13. The number of hydrogen-bond acceptors (Lipinski definition) is 8. The van der Waals surface area contributed by atoms with Crippen LogP contribution in [0.2, 0.25) is 5.02 Å². The quantitative estimate of drug-likeness (QED) is 0.426. The van der Waals surface area contributed by atoms with Gasteiger partial charge in [-0.15, -0.1) is 11.3 Å². The Morgan fingerprint density at radius 1 is 1.39 bits per heavy atom. The van der Waals surface area contributed by atoms with Gasteiger partial charge in [-0.2, -0.15) is 0 Å². The summed E-state index contributed by atoms with van der Waals surface area (Å²) >= 11 is 7.46. The molecular formula is C20H28ClFN4O5S2. The predicted octanol–water partition coefficient (Wildman–Crippen LogP) is 3.74. The highest BCUT2D eigenvalue weighted by molar-refractivity contribution is 7.93. The van der Waals surface area contributed by atoms with E-state index in [1.807, 2.05) is 7.05 Å². The number of anilines is 2.